The molecule has 1 aliphatic carbocycles. The number of fused-ring (bicyclic) bond motifs is 1. The lowest BCUT2D eigenvalue weighted by Gasteiger charge is -2.25. The summed E-state index contributed by atoms with van der Waals surface area (Å²) in [6.45, 7) is 0.614. The summed E-state index contributed by atoms with van der Waals surface area (Å²) in [7, 11) is 0. The summed E-state index contributed by atoms with van der Waals surface area (Å²) in [6.07, 6.45) is 6.47. The molecule has 33 heavy (non-hydrogen) atoms. The second-order valence-corrected chi connectivity index (χ2v) is 7.88. The fourth-order valence-corrected chi connectivity index (χ4v) is 4.15. The quantitative estimate of drug-likeness (QED) is 0.476. The molecule has 0 spiro atoms. The number of aryl methyl sites for hydroxylation is 1. The van der Waals surface area contributed by atoms with Crippen LogP contribution >= 0.6 is 0 Å². The highest BCUT2D eigenvalue weighted by Gasteiger charge is 2.34. The van der Waals surface area contributed by atoms with Crippen molar-refractivity contribution < 1.29 is 18.4 Å². The summed E-state index contributed by atoms with van der Waals surface area (Å²) >= 11 is 0. The van der Waals surface area contributed by atoms with E-state index >= 15 is 0 Å². The van der Waals surface area contributed by atoms with E-state index in [1.165, 1.54) is 24.5 Å². The minimum Gasteiger partial charge on any atom is -0.418 e. The Morgan fingerprint density at radius 2 is 2.03 bits per heavy atom. The number of rotatable bonds is 6. The number of halogens is 1. The van der Waals surface area contributed by atoms with Crippen LogP contribution in [0.15, 0.2) is 28.9 Å². The van der Waals surface area contributed by atoms with E-state index in [4.69, 9.17) is 15.1 Å². The number of hydrogen-bond acceptors (Lipinski definition) is 9. The number of oxazole rings is 1. The van der Waals surface area contributed by atoms with Crippen LogP contribution < -0.4 is 21.3 Å². The Labute approximate surface area is 187 Å². The molecule has 0 aromatic carbocycles. The molecular weight excluding hydrogens is 431 g/mol. The summed E-state index contributed by atoms with van der Waals surface area (Å²) in [5.41, 5.74) is 7.50. The molecule has 1 saturated heterocycles. The zero-order valence-corrected chi connectivity index (χ0v) is 17.5. The SMILES string of the molecule is NC(=O)c1cnc(Nc2nc(N3CCCC3C(=O)Nc3ccc(F)nc3)nc3c2CCC3)o1. The van der Waals surface area contributed by atoms with Gasteiger partial charge in [0.15, 0.2) is 0 Å². The van der Waals surface area contributed by atoms with Crippen molar-refractivity contribution in [3.05, 3.63) is 47.5 Å². The average molecular weight is 452 g/mol. The smallest absolute Gasteiger partial charge is 0.301 e. The molecule has 0 radical (unpaired) electrons. The number of anilines is 4. The Morgan fingerprint density at radius 3 is 2.79 bits per heavy atom. The summed E-state index contributed by atoms with van der Waals surface area (Å²) in [5, 5.41) is 5.81. The highest BCUT2D eigenvalue weighted by Crippen LogP contribution is 2.32. The van der Waals surface area contributed by atoms with E-state index in [0.29, 0.717) is 30.4 Å². The summed E-state index contributed by atoms with van der Waals surface area (Å²) < 4.78 is 18.4. The number of amides is 2. The van der Waals surface area contributed by atoms with E-state index in [1.807, 2.05) is 4.90 Å². The van der Waals surface area contributed by atoms with Crippen LogP contribution in [0.4, 0.5) is 27.9 Å². The van der Waals surface area contributed by atoms with Crippen molar-refractivity contribution in [2.24, 2.45) is 5.73 Å². The van der Waals surface area contributed by atoms with Gasteiger partial charge in [-0.25, -0.2) is 15.0 Å². The summed E-state index contributed by atoms with van der Waals surface area (Å²) in [4.78, 5) is 43.1. The highest BCUT2D eigenvalue weighted by atomic mass is 19.1. The molecule has 11 nitrogen and oxygen atoms in total. The van der Waals surface area contributed by atoms with E-state index < -0.39 is 17.9 Å². The fraction of sp³-hybridized carbons (Fsp3) is 0.333. The van der Waals surface area contributed by atoms with Crippen molar-refractivity contribution in [1.29, 1.82) is 0 Å². The zero-order valence-electron chi connectivity index (χ0n) is 17.5. The maximum Gasteiger partial charge on any atom is 0.301 e. The second-order valence-electron chi connectivity index (χ2n) is 7.88. The molecule has 0 saturated carbocycles. The number of nitrogens with zero attached hydrogens (tertiary/aromatic N) is 5. The van der Waals surface area contributed by atoms with Crippen LogP contribution in [-0.2, 0) is 17.6 Å². The van der Waals surface area contributed by atoms with Crippen molar-refractivity contribution in [2.45, 2.75) is 38.1 Å². The van der Waals surface area contributed by atoms with Gasteiger partial charge in [-0.1, -0.05) is 0 Å². The second kappa shape index (κ2) is 8.45. The number of carbonyl (C=O) groups excluding carboxylic acids is 2. The lowest BCUT2D eigenvalue weighted by Crippen LogP contribution is -2.40. The summed E-state index contributed by atoms with van der Waals surface area (Å²) in [5.74, 6) is -0.676. The molecule has 0 bridgehead atoms. The van der Waals surface area contributed by atoms with E-state index in [0.717, 1.165) is 36.9 Å². The fourth-order valence-electron chi connectivity index (χ4n) is 4.15. The first-order valence-electron chi connectivity index (χ1n) is 10.6. The molecular formula is C21H21FN8O3. The van der Waals surface area contributed by atoms with Gasteiger partial charge < -0.3 is 20.4 Å². The molecule has 1 fully saturated rings. The minimum absolute atomic E-state index is 0.0602. The first-order valence-corrected chi connectivity index (χ1v) is 10.6. The van der Waals surface area contributed by atoms with Crippen LogP contribution in [0, 0.1) is 5.95 Å². The number of carbonyl (C=O) groups is 2. The van der Waals surface area contributed by atoms with E-state index in [2.05, 4.69) is 25.6 Å². The number of hydrogen-bond donors (Lipinski definition) is 3. The lowest BCUT2D eigenvalue weighted by molar-refractivity contribution is -0.117. The minimum atomic E-state index is -0.716. The molecule has 12 heteroatoms. The van der Waals surface area contributed by atoms with Crippen molar-refractivity contribution in [3.63, 3.8) is 0 Å². The third-order valence-electron chi connectivity index (χ3n) is 5.70. The van der Waals surface area contributed by atoms with Gasteiger partial charge in [0.2, 0.25) is 23.6 Å². The predicted molar refractivity (Wildman–Crippen MR) is 116 cm³/mol. The van der Waals surface area contributed by atoms with Gasteiger partial charge in [0.1, 0.15) is 11.9 Å². The van der Waals surface area contributed by atoms with Crippen molar-refractivity contribution >= 4 is 35.3 Å². The van der Waals surface area contributed by atoms with Crippen molar-refractivity contribution in [2.75, 3.05) is 22.1 Å². The number of nitrogens with two attached hydrogens (primary N) is 1. The monoisotopic (exact) mass is 452 g/mol. The summed E-state index contributed by atoms with van der Waals surface area (Å²) in [6, 6.07) is 2.27. The van der Waals surface area contributed by atoms with Gasteiger partial charge in [-0.2, -0.15) is 9.37 Å². The molecule has 4 N–H and O–H groups in total. The van der Waals surface area contributed by atoms with Crippen LogP contribution in [0.3, 0.4) is 0 Å². The molecule has 4 heterocycles. The van der Waals surface area contributed by atoms with Gasteiger partial charge >= 0.3 is 6.01 Å². The normalized spacial score (nSPS) is 17.1. The molecule has 1 unspecified atom stereocenters. The van der Waals surface area contributed by atoms with Crippen molar-refractivity contribution in [3.8, 4) is 0 Å². The molecule has 1 aliphatic heterocycles. The average Bonchev–Trinajstić information content (AvgIpc) is 3.55. The van der Waals surface area contributed by atoms with Gasteiger partial charge in [0, 0.05) is 12.1 Å². The van der Waals surface area contributed by atoms with Crippen LogP contribution in [0.2, 0.25) is 0 Å². The highest BCUT2D eigenvalue weighted by molar-refractivity contribution is 5.97. The maximum atomic E-state index is 13.1. The first kappa shape index (κ1) is 20.8. The van der Waals surface area contributed by atoms with Crippen LogP contribution in [0.1, 0.15) is 41.1 Å². The van der Waals surface area contributed by atoms with E-state index in [1.54, 1.807) is 0 Å². The number of nitrogens with one attached hydrogen (secondary N) is 2. The Balaban J connectivity index is 1.40. The number of primary amides is 1. The number of pyridine rings is 1. The Hall–Kier alpha value is -4.09. The lowest BCUT2D eigenvalue weighted by atomic mass is 10.2. The largest absolute Gasteiger partial charge is 0.418 e. The van der Waals surface area contributed by atoms with E-state index in [-0.39, 0.29) is 17.7 Å². The topological polar surface area (TPSA) is 152 Å². The third kappa shape index (κ3) is 4.19. The standard InChI is InChI=1S/C21H21FN8O3/c22-16-7-6-11(9-24-16)26-19(32)14-5-2-8-30(14)20-27-13-4-1-3-12(13)18(28-20)29-21-25-10-15(33-21)17(23)31/h6-7,9-10,14H,1-5,8H2,(H2,23,31)(H,26,32)(H,25,27,28,29). The van der Waals surface area contributed by atoms with Gasteiger partial charge in [0.25, 0.3) is 5.91 Å². The zero-order chi connectivity index (χ0) is 22.9. The Morgan fingerprint density at radius 1 is 1.15 bits per heavy atom. The maximum absolute atomic E-state index is 13.1. The predicted octanol–water partition coefficient (Wildman–Crippen LogP) is 1.94. The van der Waals surface area contributed by atoms with Gasteiger partial charge in [-0.05, 0) is 44.2 Å². The number of aromatic nitrogens is 4. The molecule has 2 aliphatic rings. The molecule has 1 atom stereocenters. The molecule has 2 amide bonds. The van der Waals surface area contributed by atoms with Gasteiger partial charge in [-0.15, -0.1) is 0 Å². The first-order chi connectivity index (χ1) is 16.0. The molecule has 3 aromatic heterocycles. The van der Waals surface area contributed by atoms with Crippen LogP contribution in [0.25, 0.3) is 0 Å². The molecule has 5 rings (SSSR count). The third-order valence-corrected chi connectivity index (χ3v) is 5.70. The van der Waals surface area contributed by atoms with Gasteiger partial charge in [0.05, 0.1) is 23.8 Å². The van der Waals surface area contributed by atoms with E-state index in [9.17, 15) is 14.0 Å². The van der Waals surface area contributed by atoms with Gasteiger partial charge in [-0.3, -0.25) is 14.9 Å². The van der Waals surface area contributed by atoms with Crippen molar-refractivity contribution in [1.82, 2.24) is 19.9 Å². The van der Waals surface area contributed by atoms with Crippen LogP contribution in [0.5, 0.6) is 0 Å². The molecule has 170 valence electrons. The molecule has 3 aromatic rings. The van der Waals surface area contributed by atoms with Crippen LogP contribution in [-0.4, -0.2) is 44.3 Å². The Bertz CT molecular complexity index is 1210. The Kier molecular flexibility index (Phi) is 5.32.